The third-order valence-electron chi connectivity index (χ3n) is 4.24. The van der Waals surface area contributed by atoms with E-state index >= 15 is 0 Å². The summed E-state index contributed by atoms with van der Waals surface area (Å²) >= 11 is 0. The van der Waals surface area contributed by atoms with Crippen molar-refractivity contribution in [3.63, 3.8) is 0 Å². The molecule has 4 atom stereocenters. The quantitative estimate of drug-likeness (QED) is 0.661. The second-order valence-electron chi connectivity index (χ2n) is 5.97. The highest BCUT2D eigenvalue weighted by atomic mass is 16.4. The fraction of sp³-hybridized carbons (Fsp3) is 0.786. The largest absolute Gasteiger partial charge is 0.481 e. The van der Waals surface area contributed by atoms with E-state index in [4.69, 9.17) is 5.11 Å². The zero-order valence-electron chi connectivity index (χ0n) is 11.7. The smallest absolute Gasteiger partial charge is 0.306 e. The summed E-state index contributed by atoms with van der Waals surface area (Å²) in [5.41, 5.74) is 0. The van der Waals surface area contributed by atoms with Gasteiger partial charge in [0.25, 0.3) is 0 Å². The second kappa shape index (κ2) is 6.24. The highest BCUT2D eigenvalue weighted by Crippen LogP contribution is 2.37. The van der Waals surface area contributed by atoms with Crippen molar-refractivity contribution in [2.45, 2.75) is 45.1 Å². The number of carboxylic acid groups (broad SMARTS) is 1. The first kappa shape index (κ1) is 14.8. The number of carbonyl (C=O) groups is 3. The van der Waals surface area contributed by atoms with Crippen LogP contribution < -0.4 is 10.6 Å². The first-order chi connectivity index (χ1) is 9.47. The Morgan fingerprint density at radius 2 is 1.90 bits per heavy atom. The second-order valence-corrected chi connectivity index (χ2v) is 5.97. The fourth-order valence-electron chi connectivity index (χ4n) is 2.75. The average Bonchev–Trinajstić information content (AvgIpc) is 2.92. The Labute approximate surface area is 118 Å². The minimum absolute atomic E-state index is 0.0390. The molecule has 6 nitrogen and oxygen atoms in total. The van der Waals surface area contributed by atoms with Crippen LogP contribution in [0, 0.1) is 17.8 Å². The first-order valence-electron chi connectivity index (χ1n) is 7.27. The lowest BCUT2D eigenvalue weighted by Gasteiger charge is -2.12. The molecule has 2 saturated carbocycles. The Morgan fingerprint density at radius 1 is 1.20 bits per heavy atom. The molecule has 0 bridgehead atoms. The zero-order valence-corrected chi connectivity index (χ0v) is 11.7. The van der Waals surface area contributed by atoms with E-state index in [0.717, 1.165) is 6.42 Å². The Bertz CT molecular complexity index is 410. The minimum atomic E-state index is -0.785. The molecule has 0 radical (unpaired) electrons. The van der Waals surface area contributed by atoms with Crippen LogP contribution in [-0.4, -0.2) is 35.5 Å². The lowest BCUT2D eigenvalue weighted by atomic mass is 10.1. The van der Waals surface area contributed by atoms with Gasteiger partial charge in [-0.1, -0.05) is 6.92 Å². The highest BCUT2D eigenvalue weighted by molar-refractivity contribution is 5.82. The minimum Gasteiger partial charge on any atom is -0.481 e. The van der Waals surface area contributed by atoms with Crippen molar-refractivity contribution in [2.75, 3.05) is 6.54 Å². The summed E-state index contributed by atoms with van der Waals surface area (Å²) in [6.07, 6.45) is 3.04. The Morgan fingerprint density at radius 3 is 2.45 bits per heavy atom. The Balaban J connectivity index is 1.59. The van der Waals surface area contributed by atoms with Crippen molar-refractivity contribution >= 4 is 17.8 Å². The molecule has 2 aliphatic rings. The van der Waals surface area contributed by atoms with Gasteiger partial charge in [0.1, 0.15) is 0 Å². The zero-order chi connectivity index (χ0) is 14.7. The number of rotatable bonds is 6. The molecule has 20 heavy (non-hydrogen) atoms. The first-order valence-corrected chi connectivity index (χ1v) is 7.27. The van der Waals surface area contributed by atoms with E-state index in [2.05, 4.69) is 10.6 Å². The van der Waals surface area contributed by atoms with E-state index in [9.17, 15) is 14.4 Å². The van der Waals surface area contributed by atoms with Gasteiger partial charge in [0.05, 0.1) is 5.92 Å². The van der Waals surface area contributed by atoms with Crippen LogP contribution in [0.5, 0.6) is 0 Å². The molecule has 2 rings (SSSR count). The number of carbonyl (C=O) groups excluding carboxylic acids is 2. The van der Waals surface area contributed by atoms with Gasteiger partial charge >= 0.3 is 5.97 Å². The molecule has 112 valence electrons. The van der Waals surface area contributed by atoms with E-state index in [0.29, 0.717) is 31.7 Å². The number of aliphatic carboxylic acids is 1. The molecule has 2 amide bonds. The third-order valence-corrected chi connectivity index (χ3v) is 4.24. The third kappa shape index (κ3) is 3.95. The van der Waals surface area contributed by atoms with Crippen LogP contribution in [0.25, 0.3) is 0 Å². The lowest BCUT2D eigenvalue weighted by molar-refractivity contribution is -0.141. The van der Waals surface area contributed by atoms with Crippen molar-refractivity contribution in [3.8, 4) is 0 Å². The molecule has 2 aliphatic carbocycles. The van der Waals surface area contributed by atoms with E-state index in [1.165, 1.54) is 0 Å². The van der Waals surface area contributed by atoms with Gasteiger partial charge < -0.3 is 15.7 Å². The van der Waals surface area contributed by atoms with Crippen molar-refractivity contribution in [3.05, 3.63) is 0 Å². The van der Waals surface area contributed by atoms with Gasteiger partial charge in [0.15, 0.2) is 0 Å². The topological polar surface area (TPSA) is 95.5 Å². The van der Waals surface area contributed by atoms with Crippen LogP contribution in [0.1, 0.15) is 39.0 Å². The Kier molecular flexibility index (Phi) is 4.62. The molecule has 0 aromatic carbocycles. The van der Waals surface area contributed by atoms with E-state index in [-0.39, 0.29) is 36.1 Å². The van der Waals surface area contributed by atoms with Crippen molar-refractivity contribution < 1.29 is 19.5 Å². The van der Waals surface area contributed by atoms with Crippen LogP contribution in [0.15, 0.2) is 0 Å². The molecule has 0 saturated heterocycles. The number of carboxylic acids is 1. The predicted octanol–water partition coefficient (Wildman–Crippen LogP) is 0.518. The molecule has 6 heteroatoms. The molecule has 2 fully saturated rings. The summed E-state index contributed by atoms with van der Waals surface area (Å²) in [6.45, 7) is 2.39. The van der Waals surface area contributed by atoms with Crippen LogP contribution in [-0.2, 0) is 14.4 Å². The number of nitrogens with one attached hydrogen (secondary N) is 2. The Hall–Kier alpha value is -1.59. The summed E-state index contributed by atoms with van der Waals surface area (Å²) in [5, 5.41) is 14.5. The van der Waals surface area contributed by atoms with E-state index < -0.39 is 5.97 Å². The van der Waals surface area contributed by atoms with Gasteiger partial charge in [-0.15, -0.1) is 0 Å². The maximum atomic E-state index is 11.7. The summed E-state index contributed by atoms with van der Waals surface area (Å²) < 4.78 is 0. The van der Waals surface area contributed by atoms with Crippen LogP contribution >= 0.6 is 0 Å². The van der Waals surface area contributed by atoms with Gasteiger partial charge in [-0.05, 0) is 31.6 Å². The molecular formula is C14H22N2O4. The lowest BCUT2D eigenvalue weighted by Crippen LogP contribution is -2.36. The van der Waals surface area contributed by atoms with Crippen molar-refractivity contribution in [2.24, 2.45) is 17.8 Å². The molecule has 0 spiro atoms. The van der Waals surface area contributed by atoms with Gasteiger partial charge in [-0.25, -0.2) is 0 Å². The van der Waals surface area contributed by atoms with Crippen molar-refractivity contribution in [1.29, 1.82) is 0 Å². The van der Waals surface area contributed by atoms with Gasteiger partial charge in [0.2, 0.25) is 11.8 Å². The molecule has 2 unspecified atom stereocenters. The number of hydrogen-bond donors (Lipinski definition) is 3. The molecule has 0 aliphatic heterocycles. The molecule has 0 heterocycles. The monoisotopic (exact) mass is 282 g/mol. The standard InChI is InChI=1S/C14H22N2O4/c1-8-6-11(8)13(18)15-5-4-12(17)16-10-3-2-9(7-10)14(19)20/h8-11H,2-7H2,1H3,(H,15,18)(H,16,17)(H,19,20)/t8?,9-,10+,11?/m1/s1. The predicted molar refractivity (Wildman–Crippen MR) is 71.8 cm³/mol. The van der Waals surface area contributed by atoms with E-state index in [1.807, 2.05) is 6.92 Å². The van der Waals surface area contributed by atoms with Crippen LogP contribution in [0.4, 0.5) is 0 Å². The van der Waals surface area contributed by atoms with Crippen LogP contribution in [0.2, 0.25) is 0 Å². The summed E-state index contributed by atoms with van der Waals surface area (Å²) in [4.78, 5) is 34.1. The highest BCUT2D eigenvalue weighted by Gasteiger charge is 2.38. The van der Waals surface area contributed by atoms with Crippen LogP contribution in [0.3, 0.4) is 0 Å². The molecular weight excluding hydrogens is 260 g/mol. The summed E-state index contributed by atoms with van der Waals surface area (Å²) in [7, 11) is 0. The fourth-order valence-corrected chi connectivity index (χ4v) is 2.75. The van der Waals surface area contributed by atoms with E-state index in [1.54, 1.807) is 0 Å². The summed E-state index contributed by atoms with van der Waals surface area (Å²) in [6, 6.07) is -0.0391. The van der Waals surface area contributed by atoms with Gasteiger partial charge in [-0.2, -0.15) is 0 Å². The molecule has 0 aromatic rings. The summed E-state index contributed by atoms with van der Waals surface area (Å²) in [5.74, 6) is -0.606. The number of hydrogen-bond acceptors (Lipinski definition) is 3. The molecule has 0 aromatic heterocycles. The maximum absolute atomic E-state index is 11.7. The van der Waals surface area contributed by atoms with Gasteiger partial charge in [-0.3, -0.25) is 14.4 Å². The van der Waals surface area contributed by atoms with Crippen molar-refractivity contribution in [1.82, 2.24) is 10.6 Å². The molecule has 3 N–H and O–H groups in total. The van der Waals surface area contributed by atoms with Gasteiger partial charge in [0, 0.05) is 24.9 Å². The maximum Gasteiger partial charge on any atom is 0.306 e. The average molecular weight is 282 g/mol. The normalized spacial score (nSPS) is 31.6. The SMILES string of the molecule is CC1CC1C(=O)NCCC(=O)N[C@H]1CC[C@@H](C(=O)O)C1. The number of amides is 2.